The second kappa shape index (κ2) is 9.46. The molecule has 2 rings (SSSR count). The maximum absolute atomic E-state index is 12.8. The molecule has 8 heteroatoms. The van der Waals surface area contributed by atoms with E-state index < -0.39 is 5.91 Å². The van der Waals surface area contributed by atoms with Crippen molar-refractivity contribution in [3.63, 3.8) is 0 Å². The first-order valence-electron chi connectivity index (χ1n) is 8.93. The van der Waals surface area contributed by atoms with Gasteiger partial charge >= 0.3 is 0 Å². The van der Waals surface area contributed by atoms with Gasteiger partial charge in [0.15, 0.2) is 6.61 Å². The minimum atomic E-state index is -0.626. The number of rotatable bonds is 8. The number of nitriles is 1. The Morgan fingerprint density at radius 3 is 2.21 bits per heavy atom. The fraction of sp³-hybridized carbons (Fsp3) is 0.286. The standard InChI is InChI=1S/C21H25N5O3/c1-25(2)17-8-16(9-18(10-17)26(3)4)21(28)24-12-15-6-5-14(11-22)7-19(15)29-13-20(23)27/h5-10H,12-13H2,1-4H3,(H2,23,27)(H,24,28). The molecule has 152 valence electrons. The highest BCUT2D eigenvalue weighted by molar-refractivity contribution is 5.96. The first-order chi connectivity index (χ1) is 13.7. The number of amides is 2. The lowest BCUT2D eigenvalue weighted by Crippen LogP contribution is -2.25. The van der Waals surface area contributed by atoms with Crippen LogP contribution in [0.5, 0.6) is 5.75 Å². The molecule has 0 heterocycles. The summed E-state index contributed by atoms with van der Waals surface area (Å²) in [6.07, 6.45) is 0. The summed E-state index contributed by atoms with van der Waals surface area (Å²) in [4.78, 5) is 27.6. The molecule has 8 nitrogen and oxygen atoms in total. The fourth-order valence-corrected chi connectivity index (χ4v) is 2.57. The molecular formula is C21H25N5O3. The highest BCUT2D eigenvalue weighted by atomic mass is 16.5. The molecule has 0 aliphatic carbocycles. The third kappa shape index (κ3) is 5.87. The molecule has 2 aromatic carbocycles. The van der Waals surface area contributed by atoms with Crippen LogP contribution in [0.3, 0.4) is 0 Å². The lowest BCUT2D eigenvalue weighted by Gasteiger charge is -2.20. The molecule has 3 N–H and O–H groups in total. The average molecular weight is 395 g/mol. The zero-order valence-electron chi connectivity index (χ0n) is 17.0. The number of ether oxygens (including phenoxy) is 1. The smallest absolute Gasteiger partial charge is 0.255 e. The Morgan fingerprint density at radius 1 is 1.07 bits per heavy atom. The molecule has 2 amide bonds. The van der Waals surface area contributed by atoms with Gasteiger partial charge in [0.05, 0.1) is 11.6 Å². The number of hydrogen-bond acceptors (Lipinski definition) is 6. The van der Waals surface area contributed by atoms with Crippen molar-refractivity contribution in [1.29, 1.82) is 5.26 Å². The van der Waals surface area contributed by atoms with Crippen molar-refractivity contribution in [3.05, 3.63) is 53.1 Å². The van der Waals surface area contributed by atoms with Crippen LogP contribution >= 0.6 is 0 Å². The minimum absolute atomic E-state index is 0.169. The summed E-state index contributed by atoms with van der Waals surface area (Å²) in [5.74, 6) is -0.541. The molecule has 29 heavy (non-hydrogen) atoms. The molecule has 2 aromatic rings. The van der Waals surface area contributed by atoms with E-state index in [0.29, 0.717) is 22.4 Å². The fourth-order valence-electron chi connectivity index (χ4n) is 2.57. The van der Waals surface area contributed by atoms with Gasteiger partial charge in [-0.2, -0.15) is 5.26 Å². The third-order valence-corrected chi connectivity index (χ3v) is 4.20. The van der Waals surface area contributed by atoms with Crippen molar-refractivity contribution in [3.8, 4) is 11.8 Å². The number of nitrogens with zero attached hydrogens (tertiary/aromatic N) is 3. The quantitative estimate of drug-likeness (QED) is 0.700. The van der Waals surface area contributed by atoms with Crippen LogP contribution in [0.2, 0.25) is 0 Å². The van der Waals surface area contributed by atoms with Crippen LogP contribution in [0.15, 0.2) is 36.4 Å². The summed E-state index contributed by atoms with van der Waals surface area (Å²) in [6, 6.07) is 12.4. The number of primary amides is 1. The van der Waals surface area contributed by atoms with E-state index in [1.807, 2.05) is 62.3 Å². The predicted molar refractivity (Wildman–Crippen MR) is 112 cm³/mol. The van der Waals surface area contributed by atoms with Gasteiger partial charge in [-0.25, -0.2) is 0 Å². The van der Waals surface area contributed by atoms with Gasteiger partial charge in [0.2, 0.25) is 0 Å². The molecule has 0 bridgehead atoms. The maximum Gasteiger partial charge on any atom is 0.255 e. The molecule has 0 aliphatic heterocycles. The van der Waals surface area contributed by atoms with Crippen molar-refractivity contribution in [2.24, 2.45) is 5.73 Å². The summed E-state index contributed by atoms with van der Waals surface area (Å²) in [6.45, 7) is -0.144. The highest BCUT2D eigenvalue weighted by Gasteiger charge is 2.13. The number of anilines is 2. The normalized spacial score (nSPS) is 10.0. The van der Waals surface area contributed by atoms with Gasteiger partial charge in [-0.3, -0.25) is 9.59 Å². The summed E-state index contributed by atoms with van der Waals surface area (Å²) in [5, 5.41) is 11.9. The number of hydrogen-bond donors (Lipinski definition) is 2. The second-order valence-corrected chi connectivity index (χ2v) is 6.90. The lowest BCUT2D eigenvalue weighted by atomic mass is 10.1. The van der Waals surface area contributed by atoms with Crippen molar-refractivity contribution >= 4 is 23.2 Å². The van der Waals surface area contributed by atoms with E-state index in [-0.39, 0.29) is 19.1 Å². The summed E-state index contributed by atoms with van der Waals surface area (Å²) < 4.78 is 5.39. The molecule has 0 radical (unpaired) electrons. The first-order valence-corrected chi connectivity index (χ1v) is 8.93. The molecule has 0 aliphatic rings. The van der Waals surface area contributed by atoms with Gasteiger partial charge in [0.1, 0.15) is 5.75 Å². The molecule has 0 spiro atoms. The summed E-state index contributed by atoms with van der Waals surface area (Å²) in [5.41, 5.74) is 8.48. The topological polar surface area (TPSA) is 112 Å². The molecule has 0 saturated heterocycles. The van der Waals surface area contributed by atoms with Gasteiger partial charge in [0, 0.05) is 57.2 Å². The first kappa shape index (κ1) is 21.6. The van der Waals surface area contributed by atoms with Gasteiger partial charge in [-0.05, 0) is 30.3 Å². The molecule has 0 aromatic heterocycles. The largest absolute Gasteiger partial charge is 0.483 e. The Balaban J connectivity index is 2.22. The minimum Gasteiger partial charge on any atom is -0.483 e. The zero-order valence-corrected chi connectivity index (χ0v) is 17.0. The Bertz CT molecular complexity index is 922. The number of carbonyl (C=O) groups is 2. The van der Waals surface area contributed by atoms with Crippen LogP contribution < -0.4 is 25.6 Å². The molecule has 0 unspecified atom stereocenters. The molecular weight excluding hydrogens is 370 g/mol. The van der Waals surface area contributed by atoms with Crippen molar-refractivity contribution in [2.45, 2.75) is 6.54 Å². The number of nitrogens with two attached hydrogens (primary N) is 1. The van der Waals surface area contributed by atoms with Crippen molar-refractivity contribution in [2.75, 3.05) is 44.6 Å². The number of nitrogens with one attached hydrogen (secondary N) is 1. The van der Waals surface area contributed by atoms with Crippen LogP contribution in [0.1, 0.15) is 21.5 Å². The Kier molecular flexibility index (Phi) is 7.04. The van der Waals surface area contributed by atoms with E-state index in [1.54, 1.807) is 12.1 Å². The van der Waals surface area contributed by atoms with Crippen LogP contribution in [0, 0.1) is 11.3 Å². The van der Waals surface area contributed by atoms with E-state index in [2.05, 4.69) is 5.32 Å². The maximum atomic E-state index is 12.8. The van der Waals surface area contributed by atoms with Crippen LogP contribution in [0.4, 0.5) is 11.4 Å². The van der Waals surface area contributed by atoms with Crippen LogP contribution in [0.25, 0.3) is 0 Å². The Labute approximate surface area is 170 Å². The van der Waals surface area contributed by atoms with Crippen molar-refractivity contribution in [1.82, 2.24) is 5.32 Å². The van der Waals surface area contributed by atoms with E-state index >= 15 is 0 Å². The third-order valence-electron chi connectivity index (χ3n) is 4.20. The average Bonchev–Trinajstić information content (AvgIpc) is 2.70. The van der Waals surface area contributed by atoms with Gasteiger partial charge < -0.3 is 25.6 Å². The van der Waals surface area contributed by atoms with E-state index in [9.17, 15) is 9.59 Å². The van der Waals surface area contributed by atoms with Crippen LogP contribution in [-0.2, 0) is 11.3 Å². The zero-order chi connectivity index (χ0) is 21.6. The molecule has 0 saturated carbocycles. The van der Waals surface area contributed by atoms with Gasteiger partial charge in [0.25, 0.3) is 11.8 Å². The van der Waals surface area contributed by atoms with E-state index in [4.69, 9.17) is 15.7 Å². The highest BCUT2D eigenvalue weighted by Crippen LogP contribution is 2.24. The monoisotopic (exact) mass is 395 g/mol. The Morgan fingerprint density at radius 2 is 1.69 bits per heavy atom. The molecule has 0 fully saturated rings. The van der Waals surface area contributed by atoms with E-state index in [1.165, 1.54) is 6.07 Å². The predicted octanol–water partition coefficient (Wildman–Crippen LogP) is 1.48. The summed E-state index contributed by atoms with van der Waals surface area (Å²) in [7, 11) is 7.65. The Hall–Kier alpha value is -3.73. The number of benzene rings is 2. The lowest BCUT2D eigenvalue weighted by molar-refractivity contribution is -0.119. The van der Waals surface area contributed by atoms with E-state index in [0.717, 1.165) is 11.4 Å². The SMILES string of the molecule is CN(C)c1cc(C(=O)NCc2ccc(C#N)cc2OCC(N)=O)cc(N(C)C)c1. The van der Waals surface area contributed by atoms with Gasteiger partial charge in [-0.1, -0.05) is 6.07 Å². The van der Waals surface area contributed by atoms with Crippen LogP contribution in [-0.4, -0.2) is 46.6 Å². The van der Waals surface area contributed by atoms with Crippen molar-refractivity contribution < 1.29 is 14.3 Å². The number of carbonyl (C=O) groups excluding carboxylic acids is 2. The molecule has 0 atom stereocenters. The second-order valence-electron chi connectivity index (χ2n) is 6.90. The summed E-state index contributed by atoms with van der Waals surface area (Å²) >= 11 is 0. The van der Waals surface area contributed by atoms with Gasteiger partial charge in [-0.15, -0.1) is 0 Å².